The van der Waals surface area contributed by atoms with E-state index in [1.54, 1.807) is 19.2 Å². The van der Waals surface area contributed by atoms with E-state index in [-0.39, 0.29) is 5.82 Å². The van der Waals surface area contributed by atoms with Gasteiger partial charge in [-0.05, 0) is 70.1 Å². The van der Waals surface area contributed by atoms with Gasteiger partial charge in [-0.3, -0.25) is 0 Å². The van der Waals surface area contributed by atoms with Crippen molar-refractivity contribution >= 4 is 27.6 Å². The van der Waals surface area contributed by atoms with Crippen molar-refractivity contribution in [3.8, 4) is 11.5 Å². The molecule has 0 saturated heterocycles. The van der Waals surface area contributed by atoms with E-state index in [1.165, 1.54) is 16.8 Å². The Morgan fingerprint density at radius 3 is 2.24 bits per heavy atom. The number of hydrogen-bond acceptors (Lipinski definition) is 2. The second-order valence-corrected chi connectivity index (χ2v) is 8.28. The SMILES string of the molecule is COc1ccc([C@]2(c3ccccc3F)C=Cc3c(ccc4cc5ccccc5cc34)O2)cc1. The Labute approximate surface area is 191 Å². The predicted molar refractivity (Wildman–Crippen MR) is 131 cm³/mol. The molecule has 0 aliphatic carbocycles. The Balaban J connectivity index is 1.57. The molecule has 33 heavy (non-hydrogen) atoms. The summed E-state index contributed by atoms with van der Waals surface area (Å²) in [6.07, 6.45) is 4.02. The molecular formula is C30H21FO2. The summed E-state index contributed by atoms with van der Waals surface area (Å²) in [5.41, 5.74) is 1.21. The van der Waals surface area contributed by atoms with Crippen molar-refractivity contribution in [1.29, 1.82) is 0 Å². The van der Waals surface area contributed by atoms with E-state index in [4.69, 9.17) is 9.47 Å². The topological polar surface area (TPSA) is 18.5 Å². The lowest BCUT2D eigenvalue weighted by Gasteiger charge is -2.36. The fourth-order valence-corrected chi connectivity index (χ4v) is 4.74. The minimum Gasteiger partial charge on any atom is -0.497 e. The van der Waals surface area contributed by atoms with E-state index >= 15 is 4.39 Å². The standard InChI is InChI=1S/C30H21FO2/c1-32-24-13-11-23(12-14-24)30(27-8-4-5-9-28(27)31)17-16-25-26-19-21-7-3-2-6-20(21)18-22(26)10-15-29(25)33-30/h2-19H,1H3/t30-/m0/s1. The van der Waals surface area contributed by atoms with Gasteiger partial charge in [-0.2, -0.15) is 0 Å². The van der Waals surface area contributed by atoms with Crippen LogP contribution in [0.5, 0.6) is 11.5 Å². The first-order valence-corrected chi connectivity index (χ1v) is 10.9. The van der Waals surface area contributed by atoms with Gasteiger partial charge in [0.05, 0.1) is 7.11 Å². The van der Waals surface area contributed by atoms with Crippen LogP contribution in [0.1, 0.15) is 16.7 Å². The maximum Gasteiger partial charge on any atom is 0.180 e. The first-order chi connectivity index (χ1) is 16.2. The van der Waals surface area contributed by atoms with Gasteiger partial charge >= 0.3 is 0 Å². The molecule has 0 aromatic heterocycles. The van der Waals surface area contributed by atoms with Gasteiger partial charge in [-0.1, -0.05) is 60.7 Å². The van der Waals surface area contributed by atoms with Gasteiger partial charge in [-0.15, -0.1) is 0 Å². The Kier molecular flexibility index (Phi) is 4.44. The van der Waals surface area contributed by atoms with Crippen LogP contribution in [0.2, 0.25) is 0 Å². The van der Waals surface area contributed by atoms with Crippen LogP contribution in [0.3, 0.4) is 0 Å². The Morgan fingerprint density at radius 1 is 0.758 bits per heavy atom. The molecule has 0 bridgehead atoms. The third-order valence-electron chi connectivity index (χ3n) is 6.44. The van der Waals surface area contributed by atoms with Crippen LogP contribution in [0.4, 0.5) is 4.39 Å². The van der Waals surface area contributed by atoms with E-state index < -0.39 is 5.60 Å². The highest BCUT2D eigenvalue weighted by atomic mass is 19.1. The highest BCUT2D eigenvalue weighted by Gasteiger charge is 2.39. The first kappa shape index (κ1) is 19.6. The predicted octanol–water partition coefficient (Wildman–Crippen LogP) is 7.49. The number of halogens is 1. The number of hydrogen-bond donors (Lipinski definition) is 0. The molecule has 6 rings (SSSR count). The molecule has 1 aliphatic rings. The van der Waals surface area contributed by atoms with Crippen molar-refractivity contribution in [2.24, 2.45) is 0 Å². The summed E-state index contributed by atoms with van der Waals surface area (Å²) in [7, 11) is 1.63. The summed E-state index contributed by atoms with van der Waals surface area (Å²) in [4.78, 5) is 0. The molecule has 5 aromatic rings. The number of fused-ring (bicyclic) bond motifs is 4. The zero-order valence-corrected chi connectivity index (χ0v) is 18.1. The zero-order chi connectivity index (χ0) is 22.4. The number of methoxy groups -OCH3 is 1. The molecule has 1 aliphatic heterocycles. The highest BCUT2D eigenvalue weighted by molar-refractivity contribution is 6.03. The van der Waals surface area contributed by atoms with Crippen LogP contribution in [0.15, 0.2) is 103 Å². The van der Waals surface area contributed by atoms with Gasteiger partial charge in [-0.25, -0.2) is 4.39 Å². The van der Waals surface area contributed by atoms with Crippen LogP contribution in [-0.2, 0) is 5.60 Å². The highest BCUT2D eigenvalue weighted by Crippen LogP contribution is 2.45. The van der Waals surface area contributed by atoms with Crippen molar-refractivity contribution in [2.45, 2.75) is 5.60 Å². The summed E-state index contributed by atoms with van der Waals surface area (Å²) in [5, 5.41) is 4.63. The maximum atomic E-state index is 15.1. The lowest BCUT2D eigenvalue weighted by Crippen LogP contribution is -2.35. The molecule has 3 heteroatoms. The van der Waals surface area contributed by atoms with E-state index in [0.29, 0.717) is 5.56 Å². The molecule has 1 atom stereocenters. The van der Waals surface area contributed by atoms with E-state index in [2.05, 4.69) is 36.4 Å². The largest absolute Gasteiger partial charge is 0.497 e. The fourth-order valence-electron chi connectivity index (χ4n) is 4.74. The molecule has 2 nitrogen and oxygen atoms in total. The molecule has 160 valence electrons. The second-order valence-electron chi connectivity index (χ2n) is 8.28. The van der Waals surface area contributed by atoms with Crippen LogP contribution in [0.25, 0.3) is 27.6 Å². The van der Waals surface area contributed by atoms with Crippen LogP contribution >= 0.6 is 0 Å². The Hall–Kier alpha value is -4.11. The molecule has 0 saturated carbocycles. The molecule has 0 N–H and O–H groups in total. The summed E-state index contributed by atoms with van der Waals surface area (Å²) >= 11 is 0. The molecule has 0 amide bonds. The van der Waals surface area contributed by atoms with Crippen molar-refractivity contribution in [1.82, 2.24) is 0 Å². The van der Waals surface area contributed by atoms with E-state index in [9.17, 15) is 0 Å². The summed E-state index contributed by atoms with van der Waals surface area (Å²) in [6.45, 7) is 0. The van der Waals surface area contributed by atoms with Crippen molar-refractivity contribution < 1.29 is 13.9 Å². The smallest absolute Gasteiger partial charge is 0.180 e. The van der Waals surface area contributed by atoms with E-state index in [0.717, 1.165) is 33.4 Å². The van der Waals surface area contributed by atoms with Gasteiger partial charge < -0.3 is 9.47 Å². The number of benzene rings is 5. The minimum atomic E-state index is -1.09. The third kappa shape index (κ3) is 3.08. The Morgan fingerprint density at radius 2 is 1.48 bits per heavy atom. The molecule has 1 heterocycles. The van der Waals surface area contributed by atoms with Crippen LogP contribution in [-0.4, -0.2) is 7.11 Å². The molecule has 0 spiro atoms. The maximum absolute atomic E-state index is 15.1. The monoisotopic (exact) mass is 432 g/mol. The molecule has 5 aromatic carbocycles. The number of rotatable bonds is 3. The minimum absolute atomic E-state index is 0.312. The van der Waals surface area contributed by atoms with Crippen molar-refractivity contribution in [2.75, 3.05) is 7.11 Å². The second kappa shape index (κ2) is 7.49. The normalized spacial score (nSPS) is 17.0. The molecular weight excluding hydrogens is 411 g/mol. The van der Waals surface area contributed by atoms with Gasteiger partial charge in [0.15, 0.2) is 5.60 Å². The van der Waals surface area contributed by atoms with Crippen LogP contribution in [0, 0.1) is 5.82 Å². The van der Waals surface area contributed by atoms with Crippen molar-refractivity contribution in [3.63, 3.8) is 0 Å². The first-order valence-electron chi connectivity index (χ1n) is 10.9. The van der Waals surface area contributed by atoms with Gasteiger partial charge in [0, 0.05) is 16.7 Å². The fraction of sp³-hybridized carbons (Fsp3) is 0.0667. The Bertz CT molecular complexity index is 1540. The summed E-state index contributed by atoms with van der Waals surface area (Å²) in [6, 6.07) is 31.1. The molecule has 0 unspecified atom stereocenters. The quantitative estimate of drug-likeness (QED) is 0.275. The van der Waals surface area contributed by atoms with E-state index in [1.807, 2.05) is 54.6 Å². The third-order valence-corrected chi connectivity index (χ3v) is 6.44. The lowest BCUT2D eigenvalue weighted by atomic mass is 9.82. The average Bonchev–Trinajstić information content (AvgIpc) is 2.87. The van der Waals surface area contributed by atoms with Crippen LogP contribution < -0.4 is 9.47 Å². The lowest BCUT2D eigenvalue weighted by molar-refractivity contribution is 0.156. The summed E-state index contributed by atoms with van der Waals surface area (Å²) < 4.78 is 27.1. The van der Waals surface area contributed by atoms with Gasteiger partial charge in [0.2, 0.25) is 0 Å². The average molecular weight is 432 g/mol. The molecule has 0 fully saturated rings. The summed E-state index contributed by atoms with van der Waals surface area (Å²) in [5.74, 6) is 1.15. The van der Waals surface area contributed by atoms with Gasteiger partial charge in [0.1, 0.15) is 17.3 Å². The number of ether oxygens (including phenoxy) is 2. The zero-order valence-electron chi connectivity index (χ0n) is 18.1. The molecule has 0 radical (unpaired) electrons. The van der Waals surface area contributed by atoms with Crippen molar-refractivity contribution in [3.05, 3.63) is 126 Å². The van der Waals surface area contributed by atoms with Gasteiger partial charge in [0.25, 0.3) is 0 Å².